The third-order valence-electron chi connectivity index (χ3n) is 3.71. The van der Waals surface area contributed by atoms with E-state index in [2.05, 4.69) is 5.32 Å². The van der Waals surface area contributed by atoms with Gasteiger partial charge in [-0.15, -0.1) is 0 Å². The Morgan fingerprint density at radius 2 is 2.06 bits per heavy atom. The van der Waals surface area contributed by atoms with Crippen LogP contribution in [0.25, 0.3) is 0 Å². The standard InChI is InChI=1S/C15H20FNO/c1-11-9-13(16)7-8-14(11)15(18)17-10-12-5-3-2-4-6-12/h7-9,12H,2-6,10H2,1H3,(H,17,18). The molecule has 3 heteroatoms. The molecule has 1 amide bonds. The second-order valence-corrected chi connectivity index (χ2v) is 5.17. The zero-order chi connectivity index (χ0) is 13.0. The van der Waals surface area contributed by atoms with Gasteiger partial charge in [0.2, 0.25) is 0 Å². The van der Waals surface area contributed by atoms with E-state index >= 15 is 0 Å². The predicted octanol–water partition coefficient (Wildman–Crippen LogP) is 3.44. The van der Waals surface area contributed by atoms with E-state index in [0.717, 1.165) is 6.54 Å². The summed E-state index contributed by atoms with van der Waals surface area (Å²) in [6.45, 7) is 2.51. The largest absolute Gasteiger partial charge is 0.352 e. The molecule has 1 aliphatic rings. The van der Waals surface area contributed by atoms with Gasteiger partial charge in [0, 0.05) is 12.1 Å². The van der Waals surface area contributed by atoms with E-state index in [9.17, 15) is 9.18 Å². The molecule has 0 spiro atoms. The molecular weight excluding hydrogens is 229 g/mol. The van der Waals surface area contributed by atoms with Crippen molar-refractivity contribution in [2.24, 2.45) is 5.92 Å². The first-order chi connectivity index (χ1) is 8.66. The molecule has 0 radical (unpaired) electrons. The van der Waals surface area contributed by atoms with Crippen LogP contribution >= 0.6 is 0 Å². The van der Waals surface area contributed by atoms with Gasteiger partial charge in [0.25, 0.3) is 5.91 Å². The Morgan fingerprint density at radius 1 is 1.33 bits per heavy atom. The van der Waals surface area contributed by atoms with E-state index in [4.69, 9.17) is 0 Å². The van der Waals surface area contributed by atoms with Crippen molar-refractivity contribution in [2.75, 3.05) is 6.54 Å². The number of amides is 1. The van der Waals surface area contributed by atoms with E-state index in [1.807, 2.05) is 0 Å². The van der Waals surface area contributed by atoms with Crippen LogP contribution in [0.5, 0.6) is 0 Å². The second-order valence-electron chi connectivity index (χ2n) is 5.17. The molecule has 1 saturated carbocycles. The van der Waals surface area contributed by atoms with Crippen LogP contribution in [0.15, 0.2) is 18.2 Å². The minimum atomic E-state index is -0.295. The lowest BCUT2D eigenvalue weighted by atomic mass is 9.89. The summed E-state index contributed by atoms with van der Waals surface area (Å²) in [5.41, 5.74) is 1.27. The molecule has 98 valence electrons. The van der Waals surface area contributed by atoms with Gasteiger partial charge in [-0.2, -0.15) is 0 Å². The van der Waals surface area contributed by atoms with Gasteiger partial charge in [-0.1, -0.05) is 19.3 Å². The maximum atomic E-state index is 13.0. The molecule has 0 aromatic heterocycles. The van der Waals surface area contributed by atoms with Crippen molar-refractivity contribution >= 4 is 5.91 Å². The van der Waals surface area contributed by atoms with Crippen LogP contribution in [0.2, 0.25) is 0 Å². The number of benzene rings is 1. The van der Waals surface area contributed by atoms with Gasteiger partial charge in [0.1, 0.15) is 5.82 Å². The molecule has 2 nitrogen and oxygen atoms in total. The molecule has 1 aliphatic carbocycles. The van der Waals surface area contributed by atoms with Gasteiger partial charge in [-0.25, -0.2) is 4.39 Å². The van der Waals surface area contributed by atoms with Crippen molar-refractivity contribution < 1.29 is 9.18 Å². The molecule has 0 atom stereocenters. The Hall–Kier alpha value is -1.38. The lowest BCUT2D eigenvalue weighted by Crippen LogP contribution is -2.30. The molecular formula is C15H20FNO. The molecule has 0 aliphatic heterocycles. The van der Waals surface area contributed by atoms with Crippen LogP contribution in [0.3, 0.4) is 0 Å². The van der Waals surface area contributed by atoms with Gasteiger partial charge < -0.3 is 5.32 Å². The molecule has 2 rings (SSSR count). The third-order valence-corrected chi connectivity index (χ3v) is 3.71. The zero-order valence-electron chi connectivity index (χ0n) is 10.8. The summed E-state index contributed by atoms with van der Waals surface area (Å²) in [4.78, 5) is 12.0. The summed E-state index contributed by atoms with van der Waals surface area (Å²) < 4.78 is 13.0. The van der Waals surface area contributed by atoms with E-state index < -0.39 is 0 Å². The first-order valence-corrected chi connectivity index (χ1v) is 6.71. The van der Waals surface area contributed by atoms with Crippen LogP contribution in [-0.2, 0) is 0 Å². The fourth-order valence-corrected chi connectivity index (χ4v) is 2.61. The average molecular weight is 249 g/mol. The van der Waals surface area contributed by atoms with Crippen LogP contribution in [0.1, 0.15) is 48.0 Å². The predicted molar refractivity (Wildman–Crippen MR) is 70.0 cm³/mol. The van der Waals surface area contributed by atoms with Crippen LogP contribution in [-0.4, -0.2) is 12.5 Å². The topological polar surface area (TPSA) is 29.1 Å². The molecule has 1 aromatic carbocycles. The van der Waals surface area contributed by atoms with Crippen LogP contribution < -0.4 is 5.32 Å². The van der Waals surface area contributed by atoms with Crippen molar-refractivity contribution in [2.45, 2.75) is 39.0 Å². The maximum Gasteiger partial charge on any atom is 0.251 e. The SMILES string of the molecule is Cc1cc(F)ccc1C(=O)NCC1CCCCC1. The zero-order valence-corrected chi connectivity index (χ0v) is 10.8. The van der Waals surface area contributed by atoms with Crippen LogP contribution in [0, 0.1) is 18.7 Å². The Morgan fingerprint density at radius 3 is 2.72 bits per heavy atom. The van der Waals surface area contributed by atoms with Gasteiger partial charge in [-0.3, -0.25) is 4.79 Å². The Kier molecular flexibility index (Phi) is 4.34. The molecule has 1 fully saturated rings. The van der Waals surface area contributed by atoms with Crippen LogP contribution in [0.4, 0.5) is 4.39 Å². The number of hydrogen-bond acceptors (Lipinski definition) is 1. The second kappa shape index (κ2) is 5.98. The average Bonchev–Trinajstić information content (AvgIpc) is 2.37. The number of rotatable bonds is 3. The number of halogens is 1. The summed E-state index contributed by atoms with van der Waals surface area (Å²) >= 11 is 0. The Balaban J connectivity index is 1.90. The summed E-state index contributed by atoms with van der Waals surface area (Å²) in [5, 5.41) is 2.97. The van der Waals surface area contributed by atoms with E-state index in [0.29, 0.717) is 17.0 Å². The number of carbonyl (C=O) groups is 1. The van der Waals surface area contributed by atoms with Gasteiger partial charge in [0.15, 0.2) is 0 Å². The van der Waals surface area contributed by atoms with Crippen molar-refractivity contribution in [3.8, 4) is 0 Å². The van der Waals surface area contributed by atoms with E-state index in [-0.39, 0.29) is 11.7 Å². The molecule has 1 N–H and O–H groups in total. The van der Waals surface area contributed by atoms with Crippen molar-refractivity contribution in [1.29, 1.82) is 0 Å². The Bertz CT molecular complexity index is 425. The van der Waals surface area contributed by atoms with E-state index in [1.165, 1.54) is 44.2 Å². The normalized spacial score (nSPS) is 16.6. The lowest BCUT2D eigenvalue weighted by Gasteiger charge is -2.21. The monoisotopic (exact) mass is 249 g/mol. The first-order valence-electron chi connectivity index (χ1n) is 6.71. The highest BCUT2D eigenvalue weighted by atomic mass is 19.1. The molecule has 0 bridgehead atoms. The number of nitrogens with one attached hydrogen (secondary N) is 1. The highest BCUT2D eigenvalue weighted by molar-refractivity contribution is 5.95. The summed E-state index contributed by atoms with van der Waals surface area (Å²) in [6, 6.07) is 4.29. The fraction of sp³-hybridized carbons (Fsp3) is 0.533. The highest BCUT2D eigenvalue weighted by Crippen LogP contribution is 2.22. The summed E-state index contributed by atoms with van der Waals surface area (Å²) in [5.74, 6) is 0.234. The molecule has 18 heavy (non-hydrogen) atoms. The quantitative estimate of drug-likeness (QED) is 0.873. The first kappa shape index (κ1) is 13.1. The maximum absolute atomic E-state index is 13.0. The van der Waals surface area contributed by atoms with Crippen molar-refractivity contribution in [3.05, 3.63) is 35.1 Å². The number of hydrogen-bond donors (Lipinski definition) is 1. The number of aryl methyl sites for hydroxylation is 1. The summed E-state index contributed by atoms with van der Waals surface area (Å²) in [6.07, 6.45) is 6.29. The van der Waals surface area contributed by atoms with Crippen molar-refractivity contribution in [1.82, 2.24) is 5.32 Å². The van der Waals surface area contributed by atoms with Gasteiger partial charge in [-0.05, 0) is 49.4 Å². The minimum Gasteiger partial charge on any atom is -0.352 e. The number of carbonyl (C=O) groups excluding carboxylic acids is 1. The van der Waals surface area contributed by atoms with Gasteiger partial charge >= 0.3 is 0 Å². The van der Waals surface area contributed by atoms with Gasteiger partial charge in [0.05, 0.1) is 0 Å². The fourth-order valence-electron chi connectivity index (χ4n) is 2.61. The third kappa shape index (κ3) is 3.31. The smallest absolute Gasteiger partial charge is 0.251 e. The Labute approximate surface area is 108 Å². The lowest BCUT2D eigenvalue weighted by molar-refractivity contribution is 0.0943. The minimum absolute atomic E-state index is 0.0851. The molecule has 1 aromatic rings. The highest BCUT2D eigenvalue weighted by Gasteiger charge is 2.15. The molecule has 0 heterocycles. The van der Waals surface area contributed by atoms with E-state index in [1.54, 1.807) is 13.0 Å². The summed E-state index contributed by atoms with van der Waals surface area (Å²) in [7, 11) is 0. The molecule has 0 unspecified atom stereocenters. The molecule has 0 saturated heterocycles. The van der Waals surface area contributed by atoms with Crippen molar-refractivity contribution in [3.63, 3.8) is 0 Å².